The number of para-hydroxylation sites is 1. The Hall–Kier alpha value is -2.74. The molecule has 4 rings (SSSR count). The molecule has 1 fully saturated rings. The van der Waals surface area contributed by atoms with Crippen LogP contribution in [0.3, 0.4) is 0 Å². The van der Waals surface area contributed by atoms with Gasteiger partial charge in [0.25, 0.3) is 0 Å². The van der Waals surface area contributed by atoms with Gasteiger partial charge in [-0.3, -0.25) is 4.68 Å². The second-order valence-electron chi connectivity index (χ2n) is 7.31. The van der Waals surface area contributed by atoms with E-state index in [1.807, 2.05) is 38.4 Å². The first-order valence-electron chi connectivity index (χ1n) is 9.52. The van der Waals surface area contributed by atoms with Gasteiger partial charge in [0.15, 0.2) is 11.5 Å². The van der Waals surface area contributed by atoms with Gasteiger partial charge in [0.2, 0.25) is 0 Å². The van der Waals surface area contributed by atoms with Crippen molar-refractivity contribution in [3.63, 3.8) is 0 Å². The van der Waals surface area contributed by atoms with Crippen LogP contribution in [-0.2, 0) is 18.2 Å². The minimum absolute atomic E-state index is 0.0835. The molecule has 2 aliphatic heterocycles. The smallest absolute Gasteiger partial charge is 0.315 e. The maximum absolute atomic E-state index is 12.6. The molecule has 1 unspecified atom stereocenters. The lowest BCUT2D eigenvalue weighted by Gasteiger charge is -2.28. The maximum Gasteiger partial charge on any atom is 0.315 e. The van der Waals surface area contributed by atoms with E-state index < -0.39 is 0 Å². The number of rotatable bonds is 4. The molecule has 1 aromatic heterocycles. The Morgan fingerprint density at radius 2 is 2.21 bits per heavy atom. The molecule has 28 heavy (non-hydrogen) atoms. The number of nitrogens with one attached hydrogen (secondary N) is 2. The molecule has 2 aliphatic rings. The van der Waals surface area contributed by atoms with Gasteiger partial charge in [-0.2, -0.15) is 5.10 Å². The average molecular weight is 386 g/mol. The van der Waals surface area contributed by atoms with Crippen LogP contribution in [0, 0.1) is 6.92 Å². The zero-order valence-corrected chi connectivity index (χ0v) is 16.4. The molecular weight excluding hydrogens is 360 g/mol. The number of amides is 2. The van der Waals surface area contributed by atoms with Crippen LogP contribution in [-0.4, -0.2) is 48.2 Å². The molecule has 8 heteroatoms. The van der Waals surface area contributed by atoms with E-state index in [1.165, 1.54) is 0 Å². The molecule has 2 N–H and O–H groups in total. The summed E-state index contributed by atoms with van der Waals surface area (Å²) >= 11 is 0. The number of benzene rings is 1. The topological polar surface area (TPSA) is 86.6 Å². The van der Waals surface area contributed by atoms with E-state index in [4.69, 9.17) is 14.2 Å². The van der Waals surface area contributed by atoms with Crippen LogP contribution in [0.15, 0.2) is 24.4 Å². The monoisotopic (exact) mass is 386 g/mol. The van der Waals surface area contributed by atoms with Crippen LogP contribution < -0.4 is 20.1 Å². The van der Waals surface area contributed by atoms with Crippen molar-refractivity contribution in [1.29, 1.82) is 0 Å². The largest absolute Gasteiger partial charge is 0.493 e. The summed E-state index contributed by atoms with van der Waals surface area (Å²) in [6.45, 7) is 2.98. The second-order valence-corrected chi connectivity index (χ2v) is 7.31. The zero-order valence-electron chi connectivity index (χ0n) is 16.4. The Kier molecular flexibility index (Phi) is 5.13. The number of methoxy groups -OCH3 is 1. The summed E-state index contributed by atoms with van der Waals surface area (Å²) in [7, 11) is 3.51. The molecule has 0 spiro atoms. The highest BCUT2D eigenvalue weighted by Crippen LogP contribution is 2.34. The standard InChI is InChI=1S/C20H26N4O4/c1-12-15(10-24(2)23-12)19-16(7-8-27-19)22-20(25)21-14-9-13-5-4-6-17(26-3)18(13)28-11-14/h4-6,10,14,16,19H,7-9,11H2,1-3H3,(H2,21,22,25)/t14?,16-,19+/m1/s1. The van der Waals surface area contributed by atoms with Crippen molar-refractivity contribution in [2.24, 2.45) is 7.05 Å². The van der Waals surface area contributed by atoms with Gasteiger partial charge in [0.1, 0.15) is 12.7 Å². The number of nitrogens with zero attached hydrogens (tertiary/aromatic N) is 2. The molecule has 3 atom stereocenters. The van der Waals surface area contributed by atoms with Gasteiger partial charge in [-0.1, -0.05) is 12.1 Å². The molecule has 1 saturated heterocycles. The molecule has 2 aromatic rings. The summed E-state index contributed by atoms with van der Waals surface area (Å²) in [5, 5.41) is 10.5. The molecule has 150 valence electrons. The fourth-order valence-electron chi connectivity index (χ4n) is 3.98. The van der Waals surface area contributed by atoms with E-state index in [-0.39, 0.29) is 24.2 Å². The van der Waals surface area contributed by atoms with Crippen molar-refractivity contribution in [3.05, 3.63) is 41.2 Å². The fourth-order valence-corrected chi connectivity index (χ4v) is 3.98. The molecule has 1 aromatic carbocycles. The molecule has 0 aliphatic carbocycles. The predicted molar refractivity (Wildman–Crippen MR) is 103 cm³/mol. The number of carbonyl (C=O) groups is 1. The highest BCUT2D eigenvalue weighted by Gasteiger charge is 2.34. The highest BCUT2D eigenvalue weighted by molar-refractivity contribution is 5.75. The second kappa shape index (κ2) is 7.71. The lowest BCUT2D eigenvalue weighted by Crippen LogP contribution is -2.50. The van der Waals surface area contributed by atoms with Crippen LogP contribution in [0.25, 0.3) is 0 Å². The van der Waals surface area contributed by atoms with E-state index >= 15 is 0 Å². The van der Waals surface area contributed by atoms with Crippen LogP contribution in [0.1, 0.15) is 29.3 Å². The number of hydrogen-bond donors (Lipinski definition) is 2. The third kappa shape index (κ3) is 3.64. The number of carbonyl (C=O) groups excluding carboxylic acids is 1. The van der Waals surface area contributed by atoms with Gasteiger partial charge in [-0.25, -0.2) is 4.79 Å². The Morgan fingerprint density at radius 3 is 2.96 bits per heavy atom. The lowest BCUT2D eigenvalue weighted by molar-refractivity contribution is 0.0991. The van der Waals surface area contributed by atoms with Crippen LogP contribution >= 0.6 is 0 Å². The molecule has 2 amide bonds. The van der Waals surface area contributed by atoms with Gasteiger partial charge < -0.3 is 24.8 Å². The van der Waals surface area contributed by atoms with Crippen molar-refractivity contribution in [3.8, 4) is 11.5 Å². The lowest BCUT2D eigenvalue weighted by atomic mass is 10.0. The maximum atomic E-state index is 12.6. The molecule has 0 bridgehead atoms. The molecule has 0 saturated carbocycles. The van der Waals surface area contributed by atoms with E-state index in [9.17, 15) is 4.79 Å². The predicted octanol–water partition coefficient (Wildman–Crippen LogP) is 1.87. The van der Waals surface area contributed by atoms with Gasteiger partial charge in [-0.15, -0.1) is 0 Å². The number of hydrogen-bond acceptors (Lipinski definition) is 5. The van der Waals surface area contributed by atoms with Gasteiger partial charge in [-0.05, 0) is 25.8 Å². The van der Waals surface area contributed by atoms with Crippen LogP contribution in [0.5, 0.6) is 11.5 Å². The number of aromatic nitrogens is 2. The summed E-state index contributed by atoms with van der Waals surface area (Å²) < 4.78 is 18.8. The normalized spacial score (nSPS) is 23.6. The Balaban J connectivity index is 1.37. The summed E-state index contributed by atoms with van der Waals surface area (Å²) in [6.07, 6.45) is 3.25. The Bertz CT molecular complexity index is 866. The SMILES string of the molecule is COc1cccc2c1OCC(NC(=O)N[C@@H]1CCO[C@H]1c1cn(C)nc1C)C2. The van der Waals surface area contributed by atoms with Gasteiger partial charge >= 0.3 is 6.03 Å². The summed E-state index contributed by atoms with van der Waals surface area (Å²) in [4.78, 5) is 12.6. The third-order valence-corrected chi connectivity index (χ3v) is 5.28. The van der Waals surface area contributed by atoms with Crippen molar-refractivity contribution >= 4 is 6.03 Å². The van der Waals surface area contributed by atoms with Gasteiger partial charge in [0, 0.05) is 31.0 Å². The average Bonchev–Trinajstić information content (AvgIpc) is 3.26. The number of urea groups is 1. The molecule has 8 nitrogen and oxygen atoms in total. The first-order valence-corrected chi connectivity index (χ1v) is 9.52. The summed E-state index contributed by atoms with van der Waals surface area (Å²) in [6, 6.07) is 5.41. The number of aryl methyl sites for hydroxylation is 2. The quantitative estimate of drug-likeness (QED) is 0.838. The van der Waals surface area contributed by atoms with E-state index in [0.29, 0.717) is 19.6 Å². The van der Waals surface area contributed by atoms with Crippen molar-refractivity contribution < 1.29 is 19.0 Å². The van der Waals surface area contributed by atoms with E-state index in [0.717, 1.165) is 34.7 Å². The highest BCUT2D eigenvalue weighted by atomic mass is 16.5. The first-order chi connectivity index (χ1) is 13.5. The van der Waals surface area contributed by atoms with E-state index in [1.54, 1.807) is 11.8 Å². The fraction of sp³-hybridized carbons (Fsp3) is 0.500. The Morgan fingerprint density at radius 1 is 1.36 bits per heavy atom. The molecular formula is C20H26N4O4. The minimum Gasteiger partial charge on any atom is -0.493 e. The van der Waals surface area contributed by atoms with Gasteiger partial charge in [0.05, 0.1) is 24.9 Å². The van der Waals surface area contributed by atoms with Crippen LogP contribution in [0.2, 0.25) is 0 Å². The first kappa shape index (κ1) is 18.6. The van der Waals surface area contributed by atoms with Crippen LogP contribution in [0.4, 0.5) is 4.79 Å². The Labute approximate surface area is 164 Å². The number of fused-ring (bicyclic) bond motifs is 1. The molecule has 0 radical (unpaired) electrons. The summed E-state index contributed by atoms with van der Waals surface area (Å²) in [5.74, 6) is 1.48. The summed E-state index contributed by atoms with van der Waals surface area (Å²) in [5.41, 5.74) is 2.98. The van der Waals surface area contributed by atoms with E-state index in [2.05, 4.69) is 15.7 Å². The van der Waals surface area contributed by atoms with Crippen molar-refractivity contribution in [2.45, 2.75) is 38.0 Å². The third-order valence-electron chi connectivity index (χ3n) is 5.28. The minimum atomic E-state index is -0.206. The molecule has 3 heterocycles. The zero-order chi connectivity index (χ0) is 19.7. The van der Waals surface area contributed by atoms with Crippen molar-refractivity contribution in [1.82, 2.24) is 20.4 Å². The van der Waals surface area contributed by atoms with Crippen molar-refractivity contribution in [2.75, 3.05) is 20.3 Å². The number of ether oxygens (including phenoxy) is 3.